The van der Waals surface area contributed by atoms with Gasteiger partial charge in [-0.05, 0) is 31.9 Å². The van der Waals surface area contributed by atoms with Gasteiger partial charge in [0.15, 0.2) is 16.7 Å². The maximum atomic E-state index is 12.2. The number of anilines is 1. The third-order valence-corrected chi connectivity index (χ3v) is 5.13. The molecule has 8 heteroatoms. The molecule has 2 aliphatic rings. The zero-order valence-corrected chi connectivity index (χ0v) is 14.8. The van der Waals surface area contributed by atoms with E-state index in [-0.39, 0.29) is 11.7 Å². The molecule has 0 radical (unpaired) electrons. The lowest BCUT2D eigenvalue weighted by Crippen LogP contribution is -2.17. The minimum Gasteiger partial charge on any atom is -0.486 e. The van der Waals surface area contributed by atoms with Gasteiger partial charge in [0.05, 0.1) is 5.75 Å². The number of benzene rings is 1. The minimum atomic E-state index is -0.0831. The lowest BCUT2D eigenvalue weighted by Gasteiger charge is -2.19. The van der Waals surface area contributed by atoms with Crippen LogP contribution in [-0.2, 0) is 11.3 Å². The number of fused-ring (bicyclic) bond motifs is 1. The summed E-state index contributed by atoms with van der Waals surface area (Å²) >= 11 is 1.42. The van der Waals surface area contributed by atoms with Crippen LogP contribution in [0.1, 0.15) is 31.5 Å². The SMILES string of the molecule is CCn1c(SCC(=O)Nc2ccc3c(c2)OCCO3)nnc1C1CC1. The fourth-order valence-corrected chi connectivity index (χ4v) is 3.61. The normalized spacial score (nSPS) is 15.9. The van der Waals surface area contributed by atoms with E-state index in [1.54, 1.807) is 6.07 Å². The van der Waals surface area contributed by atoms with Crippen LogP contribution >= 0.6 is 11.8 Å². The second-order valence-corrected chi connectivity index (χ2v) is 7.00. The van der Waals surface area contributed by atoms with E-state index in [9.17, 15) is 4.79 Å². The first-order chi connectivity index (χ1) is 12.2. The van der Waals surface area contributed by atoms with E-state index < -0.39 is 0 Å². The molecular weight excluding hydrogens is 340 g/mol. The fraction of sp³-hybridized carbons (Fsp3) is 0.471. The van der Waals surface area contributed by atoms with Crippen LogP contribution in [0.25, 0.3) is 0 Å². The van der Waals surface area contributed by atoms with E-state index >= 15 is 0 Å². The third kappa shape index (κ3) is 3.58. The van der Waals surface area contributed by atoms with Gasteiger partial charge in [-0.3, -0.25) is 4.79 Å². The maximum absolute atomic E-state index is 12.2. The summed E-state index contributed by atoms with van der Waals surface area (Å²) in [7, 11) is 0. The molecule has 2 heterocycles. The van der Waals surface area contributed by atoms with Crippen LogP contribution in [0.2, 0.25) is 0 Å². The van der Waals surface area contributed by atoms with E-state index in [1.807, 2.05) is 12.1 Å². The molecule has 1 saturated carbocycles. The standard InChI is InChI=1S/C17H20N4O3S/c1-2-21-16(11-3-4-11)19-20-17(21)25-10-15(22)18-12-5-6-13-14(9-12)24-8-7-23-13/h5-6,9,11H,2-4,7-8,10H2,1H3,(H,18,22). The van der Waals surface area contributed by atoms with Crippen molar-refractivity contribution in [1.82, 2.24) is 14.8 Å². The zero-order valence-electron chi connectivity index (χ0n) is 14.0. The van der Waals surface area contributed by atoms with Gasteiger partial charge in [-0.2, -0.15) is 0 Å². The van der Waals surface area contributed by atoms with Gasteiger partial charge in [0.25, 0.3) is 0 Å². The van der Waals surface area contributed by atoms with Crippen molar-refractivity contribution < 1.29 is 14.3 Å². The number of nitrogens with one attached hydrogen (secondary N) is 1. The quantitative estimate of drug-likeness (QED) is 0.798. The predicted molar refractivity (Wildman–Crippen MR) is 94.5 cm³/mol. The molecule has 1 aliphatic carbocycles. The summed E-state index contributed by atoms with van der Waals surface area (Å²) < 4.78 is 13.1. The number of carbonyl (C=O) groups is 1. The summed E-state index contributed by atoms with van der Waals surface area (Å²) in [5.74, 6) is 3.18. The smallest absolute Gasteiger partial charge is 0.234 e. The van der Waals surface area contributed by atoms with Crippen LogP contribution in [-0.4, -0.2) is 39.6 Å². The van der Waals surface area contributed by atoms with Crippen molar-refractivity contribution in [2.24, 2.45) is 0 Å². The van der Waals surface area contributed by atoms with E-state index in [0.717, 1.165) is 17.5 Å². The van der Waals surface area contributed by atoms with Gasteiger partial charge >= 0.3 is 0 Å². The van der Waals surface area contributed by atoms with Crippen molar-refractivity contribution in [3.05, 3.63) is 24.0 Å². The van der Waals surface area contributed by atoms with Crippen molar-refractivity contribution in [3.63, 3.8) is 0 Å². The summed E-state index contributed by atoms with van der Waals surface area (Å²) in [5.41, 5.74) is 0.700. The first-order valence-corrected chi connectivity index (χ1v) is 9.48. The van der Waals surface area contributed by atoms with Crippen LogP contribution in [0, 0.1) is 0 Å². The number of hydrogen-bond donors (Lipinski definition) is 1. The van der Waals surface area contributed by atoms with E-state index in [0.29, 0.717) is 36.3 Å². The highest BCUT2D eigenvalue weighted by Crippen LogP contribution is 2.40. The molecule has 7 nitrogen and oxygen atoms in total. The molecule has 1 amide bonds. The zero-order chi connectivity index (χ0) is 17.2. The highest BCUT2D eigenvalue weighted by molar-refractivity contribution is 7.99. The Labute approximate surface area is 150 Å². The summed E-state index contributed by atoms with van der Waals surface area (Å²) in [6.45, 7) is 3.98. The average molecular weight is 360 g/mol. The molecule has 1 N–H and O–H groups in total. The number of ether oxygens (including phenoxy) is 2. The highest BCUT2D eigenvalue weighted by Gasteiger charge is 2.30. The molecule has 0 atom stereocenters. The number of carbonyl (C=O) groups excluding carboxylic acids is 1. The first kappa shape index (κ1) is 16.3. The number of rotatable bonds is 6. The van der Waals surface area contributed by atoms with Crippen LogP contribution in [0.15, 0.2) is 23.4 Å². The monoisotopic (exact) mass is 360 g/mol. The van der Waals surface area contributed by atoms with E-state index in [4.69, 9.17) is 9.47 Å². The maximum Gasteiger partial charge on any atom is 0.234 e. The molecule has 0 spiro atoms. The van der Waals surface area contributed by atoms with Crippen molar-refractivity contribution in [3.8, 4) is 11.5 Å². The van der Waals surface area contributed by atoms with E-state index in [2.05, 4.69) is 27.0 Å². The molecule has 1 fully saturated rings. The summed E-state index contributed by atoms with van der Waals surface area (Å²) in [4.78, 5) is 12.2. The predicted octanol–water partition coefficient (Wildman–Crippen LogP) is 2.68. The molecule has 0 bridgehead atoms. The Bertz CT molecular complexity index is 788. The van der Waals surface area contributed by atoms with Gasteiger partial charge in [-0.1, -0.05) is 11.8 Å². The molecule has 4 rings (SSSR count). The number of thioether (sulfide) groups is 1. The summed E-state index contributed by atoms with van der Waals surface area (Å²) in [6.07, 6.45) is 2.38. The fourth-order valence-electron chi connectivity index (χ4n) is 2.80. The Balaban J connectivity index is 1.36. The molecular formula is C17H20N4O3S. The van der Waals surface area contributed by atoms with Crippen LogP contribution < -0.4 is 14.8 Å². The van der Waals surface area contributed by atoms with Crippen LogP contribution in [0.3, 0.4) is 0 Å². The molecule has 0 unspecified atom stereocenters. The second-order valence-electron chi connectivity index (χ2n) is 6.05. The third-order valence-electron chi connectivity index (χ3n) is 4.16. The van der Waals surface area contributed by atoms with Gasteiger partial charge in [-0.15, -0.1) is 10.2 Å². The number of amides is 1. The van der Waals surface area contributed by atoms with Gasteiger partial charge < -0.3 is 19.4 Å². The van der Waals surface area contributed by atoms with Crippen molar-refractivity contribution >= 4 is 23.4 Å². The average Bonchev–Trinajstić information content (AvgIpc) is 3.39. The Hall–Kier alpha value is -2.22. The molecule has 1 aromatic carbocycles. The Kier molecular flexibility index (Phi) is 4.52. The number of nitrogens with zero attached hydrogens (tertiary/aromatic N) is 3. The number of aromatic nitrogens is 3. The van der Waals surface area contributed by atoms with Crippen LogP contribution in [0.5, 0.6) is 11.5 Å². The molecule has 132 valence electrons. The van der Waals surface area contributed by atoms with Gasteiger partial charge in [0.2, 0.25) is 5.91 Å². The van der Waals surface area contributed by atoms with Crippen molar-refractivity contribution in [1.29, 1.82) is 0 Å². The second kappa shape index (κ2) is 6.95. The molecule has 25 heavy (non-hydrogen) atoms. The Morgan fingerprint density at radius 1 is 1.28 bits per heavy atom. The van der Waals surface area contributed by atoms with Gasteiger partial charge in [0, 0.05) is 24.2 Å². The summed E-state index contributed by atoms with van der Waals surface area (Å²) in [6, 6.07) is 5.42. The molecule has 0 saturated heterocycles. The largest absolute Gasteiger partial charge is 0.486 e. The number of hydrogen-bond acceptors (Lipinski definition) is 6. The minimum absolute atomic E-state index is 0.0831. The Morgan fingerprint density at radius 3 is 2.84 bits per heavy atom. The first-order valence-electron chi connectivity index (χ1n) is 8.50. The van der Waals surface area contributed by atoms with Gasteiger partial charge in [0.1, 0.15) is 19.0 Å². The lowest BCUT2D eigenvalue weighted by atomic mass is 10.2. The van der Waals surface area contributed by atoms with E-state index in [1.165, 1.54) is 24.6 Å². The van der Waals surface area contributed by atoms with Crippen molar-refractivity contribution in [2.75, 3.05) is 24.3 Å². The molecule has 1 aromatic heterocycles. The Morgan fingerprint density at radius 2 is 2.08 bits per heavy atom. The topological polar surface area (TPSA) is 78.3 Å². The summed E-state index contributed by atoms with van der Waals surface area (Å²) in [5, 5.41) is 12.2. The van der Waals surface area contributed by atoms with Crippen molar-refractivity contribution in [2.45, 2.75) is 37.4 Å². The lowest BCUT2D eigenvalue weighted by molar-refractivity contribution is -0.113. The molecule has 2 aromatic rings. The molecule has 1 aliphatic heterocycles. The van der Waals surface area contributed by atoms with Crippen LogP contribution in [0.4, 0.5) is 5.69 Å². The van der Waals surface area contributed by atoms with Gasteiger partial charge in [-0.25, -0.2) is 0 Å². The highest BCUT2D eigenvalue weighted by atomic mass is 32.2.